The Morgan fingerprint density at radius 1 is 1.42 bits per heavy atom. The molecule has 9 nitrogen and oxygen atoms in total. The van der Waals surface area contributed by atoms with Crippen LogP contribution >= 0.6 is 0 Å². The van der Waals surface area contributed by atoms with E-state index in [1.54, 1.807) is 4.68 Å². The number of nitrogens with zero attached hydrogens (tertiary/aromatic N) is 6. The first kappa shape index (κ1) is 15.3. The second-order valence-corrected chi connectivity index (χ2v) is 6.26. The van der Waals surface area contributed by atoms with Crippen LogP contribution in [0.4, 0.5) is 5.82 Å². The van der Waals surface area contributed by atoms with Gasteiger partial charge in [0.25, 0.3) is 0 Å². The van der Waals surface area contributed by atoms with E-state index in [1.165, 1.54) is 6.33 Å². The fraction of sp³-hybridized carbons (Fsp3) is 0.667. The molecule has 0 saturated carbocycles. The Bertz CT molecular complexity index is 734. The van der Waals surface area contributed by atoms with Gasteiger partial charge < -0.3 is 15.0 Å². The lowest BCUT2D eigenvalue weighted by atomic mass is 9.99. The highest BCUT2D eigenvalue weighted by molar-refractivity contribution is 5.86. The Balaban J connectivity index is 1.37. The number of aryl methyl sites for hydroxylation is 1. The summed E-state index contributed by atoms with van der Waals surface area (Å²) in [6.07, 6.45) is 3.82. The molecule has 2 fully saturated rings. The van der Waals surface area contributed by atoms with E-state index in [1.807, 2.05) is 6.92 Å². The Morgan fingerprint density at radius 2 is 2.29 bits per heavy atom. The average molecular weight is 331 g/mol. The molecule has 0 bridgehead atoms. The molecular formula is C15H21N7O2. The Morgan fingerprint density at radius 3 is 3.04 bits per heavy atom. The van der Waals surface area contributed by atoms with E-state index in [2.05, 4.69) is 30.5 Å². The number of rotatable bonds is 5. The molecule has 2 aliphatic rings. The fourth-order valence-corrected chi connectivity index (χ4v) is 3.21. The number of ether oxygens (including phenoxy) is 1. The topological polar surface area (TPSA) is 98.1 Å². The van der Waals surface area contributed by atoms with Crippen LogP contribution < -0.4 is 10.2 Å². The van der Waals surface area contributed by atoms with Gasteiger partial charge in [0, 0.05) is 32.8 Å². The number of anilines is 1. The lowest BCUT2D eigenvalue weighted by Crippen LogP contribution is -2.54. The second-order valence-electron chi connectivity index (χ2n) is 6.26. The van der Waals surface area contributed by atoms with Crippen LogP contribution in [0.5, 0.6) is 0 Å². The number of nitrogens with one attached hydrogen (secondary N) is 1. The fourth-order valence-electron chi connectivity index (χ4n) is 3.21. The molecule has 2 aromatic heterocycles. The maximum absolute atomic E-state index is 12.2. The number of amides is 1. The standard InChI is InChI=1S/C15H21N7O2/c1-2-22-14-12(19-20-22)13(17-9-18-14)21-7-10(8-21)15(23)16-6-11-4-3-5-24-11/h9-11H,2-8H2,1H3,(H,16,23). The molecule has 128 valence electrons. The summed E-state index contributed by atoms with van der Waals surface area (Å²) in [6, 6.07) is 0. The first-order valence-electron chi connectivity index (χ1n) is 8.44. The zero-order valence-corrected chi connectivity index (χ0v) is 13.7. The van der Waals surface area contributed by atoms with Gasteiger partial charge in [-0.2, -0.15) is 0 Å². The van der Waals surface area contributed by atoms with Crippen molar-refractivity contribution in [1.82, 2.24) is 30.3 Å². The zero-order valence-electron chi connectivity index (χ0n) is 13.7. The largest absolute Gasteiger partial charge is 0.376 e. The van der Waals surface area contributed by atoms with Crippen LogP contribution in [0.1, 0.15) is 19.8 Å². The maximum atomic E-state index is 12.2. The summed E-state index contributed by atoms with van der Waals surface area (Å²) in [6.45, 7) is 5.40. The number of aromatic nitrogens is 5. The molecule has 2 aromatic rings. The molecule has 0 radical (unpaired) electrons. The molecule has 1 unspecified atom stereocenters. The van der Waals surface area contributed by atoms with Crippen LogP contribution in [0.2, 0.25) is 0 Å². The minimum Gasteiger partial charge on any atom is -0.376 e. The molecule has 1 N–H and O–H groups in total. The van der Waals surface area contributed by atoms with Gasteiger partial charge in [-0.3, -0.25) is 4.79 Å². The average Bonchev–Trinajstić information content (AvgIpc) is 3.21. The minimum atomic E-state index is -0.0161. The van der Waals surface area contributed by atoms with Gasteiger partial charge in [-0.1, -0.05) is 5.21 Å². The van der Waals surface area contributed by atoms with Crippen molar-refractivity contribution in [1.29, 1.82) is 0 Å². The van der Waals surface area contributed by atoms with Crippen molar-refractivity contribution in [2.75, 3.05) is 31.1 Å². The van der Waals surface area contributed by atoms with E-state index < -0.39 is 0 Å². The molecule has 4 rings (SSSR count). The summed E-state index contributed by atoms with van der Waals surface area (Å²) in [5.41, 5.74) is 1.42. The predicted octanol–water partition coefficient (Wildman–Crippen LogP) is -0.0274. The summed E-state index contributed by atoms with van der Waals surface area (Å²) in [4.78, 5) is 22.8. The van der Waals surface area contributed by atoms with Crippen LogP contribution in [-0.2, 0) is 16.1 Å². The molecule has 0 aliphatic carbocycles. The van der Waals surface area contributed by atoms with Gasteiger partial charge in [-0.05, 0) is 19.8 Å². The molecule has 1 atom stereocenters. The predicted molar refractivity (Wildman–Crippen MR) is 86.5 cm³/mol. The Kier molecular flexibility index (Phi) is 4.01. The molecule has 9 heteroatoms. The number of carbonyl (C=O) groups is 1. The third-order valence-corrected chi connectivity index (χ3v) is 4.66. The SMILES string of the molecule is CCn1nnc2c(N3CC(C(=O)NCC4CCCO4)C3)ncnc21. The van der Waals surface area contributed by atoms with Crippen LogP contribution in [0.15, 0.2) is 6.33 Å². The molecule has 0 spiro atoms. The summed E-state index contributed by atoms with van der Waals surface area (Å²) in [5.74, 6) is 0.824. The highest BCUT2D eigenvalue weighted by Crippen LogP contribution is 2.27. The zero-order chi connectivity index (χ0) is 16.5. The summed E-state index contributed by atoms with van der Waals surface area (Å²) < 4.78 is 7.27. The second kappa shape index (κ2) is 6.31. The number of carbonyl (C=O) groups excluding carboxylic acids is 1. The van der Waals surface area contributed by atoms with Crippen LogP contribution in [0.25, 0.3) is 11.2 Å². The lowest BCUT2D eigenvalue weighted by Gasteiger charge is -2.39. The van der Waals surface area contributed by atoms with Crippen LogP contribution in [0.3, 0.4) is 0 Å². The quantitative estimate of drug-likeness (QED) is 0.821. The summed E-state index contributed by atoms with van der Waals surface area (Å²) in [5, 5.41) is 11.3. The van der Waals surface area contributed by atoms with Crippen molar-refractivity contribution < 1.29 is 9.53 Å². The van der Waals surface area contributed by atoms with E-state index in [4.69, 9.17) is 4.74 Å². The van der Waals surface area contributed by atoms with Gasteiger partial charge >= 0.3 is 0 Å². The van der Waals surface area contributed by atoms with E-state index in [-0.39, 0.29) is 17.9 Å². The van der Waals surface area contributed by atoms with Crippen LogP contribution in [-0.4, -0.2) is 63.2 Å². The van der Waals surface area contributed by atoms with Crippen LogP contribution in [0, 0.1) is 5.92 Å². The molecule has 1 amide bonds. The van der Waals surface area contributed by atoms with Crippen molar-refractivity contribution in [2.45, 2.75) is 32.4 Å². The third-order valence-electron chi connectivity index (χ3n) is 4.66. The van der Waals surface area contributed by atoms with Gasteiger partial charge in [-0.15, -0.1) is 5.10 Å². The van der Waals surface area contributed by atoms with Gasteiger partial charge in [0.15, 0.2) is 17.0 Å². The summed E-state index contributed by atoms with van der Waals surface area (Å²) >= 11 is 0. The Labute approximate surface area is 139 Å². The normalized spacial score (nSPS) is 21.2. The van der Waals surface area contributed by atoms with Gasteiger partial charge in [0.1, 0.15) is 6.33 Å². The number of hydrogen-bond donors (Lipinski definition) is 1. The highest BCUT2D eigenvalue weighted by Gasteiger charge is 2.35. The number of hydrogen-bond acceptors (Lipinski definition) is 7. The highest BCUT2D eigenvalue weighted by atomic mass is 16.5. The molecule has 24 heavy (non-hydrogen) atoms. The smallest absolute Gasteiger partial charge is 0.226 e. The van der Waals surface area contributed by atoms with Crippen molar-refractivity contribution in [2.24, 2.45) is 5.92 Å². The van der Waals surface area contributed by atoms with Gasteiger partial charge in [0.05, 0.1) is 12.0 Å². The van der Waals surface area contributed by atoms with E-state index in [0.29, 0.717) is 31.7 Å². The third kappa shape index (κ3) is 2.68. The van der Waals surface area contributed by atoms with E-state index in [9.17, 15) is 4.79 Å². The molecule has 0 aromatic carbocycles. The first-order valence-corrected chi connectivity index (χ1v) is 8.44. The van der Waals surface area contributed by atoms with Gasteiger partial charge in [0.2, 0.25) is 5.91 Å². The van der Waals surface area contributed by atoms with Crippen molar-refractivity contribution in [3.05, 3.63) is 6.33 Å². The summed E-state index contributed by atoms with van der Waals surface area (Å²) in [7, 11) is 0. The maximum Gasteiger partial charge on any atom is 0.226 e. The van der Waals surface area contributed by atoms with Gasteiger partial charge in [-0.25, -0.2) is 14.6 Å². The van der Waals surface area contributed by atoms with Crippen molar-refractivity contribution in [3.63, 3.8) is 0 Å². The monoisotopic (exact) mass is 331 g/mol. The molecule has 2 saturated heterocycles. The molecular weight excluding hydrogens is 310 g/mol. The Hall–Kier alpha value is -2.29. The first-order chi connectivity index (χ1) is 11.8. The molecule has 4 heterocycles. The van der Waals surface area contributed by atoms with E-state index in [0.717, 1.165) is 30.9 Å². The lowest BCUT2D eigenvalue weighted by molar-refractivity contribution is -0.126. The van der Waals surface area contributed by atoms with Crippen molar-refractivity contribution in [3.8, 4) is 0 Å². The minimum absolute atomic E-state index is 0.0161. The van der Waals surface area contributed by atoms with Crippen molar-refractivity contribution >= 4 is 22.9 Å². The molecule has 2 aliphatic heterocycles. The number of fused-ring (bicyclic) bond motifs is 1. The van der Waals surface area contributed by atoms with E-state index >= 15 is 0 Å².